The molecule has 0 radical (unpaired) electrons. The average molecular weight is 261 g/mol. The molecule has 1 atom stereocenters. The maximum absolute atomic E-state index is 8.32. The van der Waals surface area contributed by atoms with Crippen molar-refractivity contribution < 1.29 is 14.2 Å². The third-order valence-corrected chi connectivity index (χ3v) is 3.43. The summed E-state index contributed by atoms with van der Waals surface area (Å²) in [5, 5.41) is 0. The van der Waals surface area contributed by atoms with Gasteiger partial charge in [0.05, 0.1) is 0 Å². The lowest BCUT2D eigenvalue weighted by molar-refractivity contribution is -0.660. The van der Waals surface area contributed by atoms with Crippen molar-refractivity contribution >= 4 is 0 Å². The molecule has 0 aliphatic carbocycles. The minimum atomic E-state index is -2.46. The van der Waals surface area contributed by atoms with E-state index in [9.17, 15) is 0 Å². The number of aromatic nitrogens is 1. The van der Waals surface area contributed by atoms with Crippen LogP contribution in [0.25, 0.3) is 11.3 Å². The first-order valence-corrected chi connectivity index (χ1v) is 6.28. The van der Waals surface area contributed by atoms with E-state index in [0.717, 1.165) is 16.8 Å². The minimum Gasteiger partial charge on any atom is -0.201 e. The van der Waals surface area contributed by atoms with Crippen LogP contribution in [0.2, 0.25) is 0 Å². The molecule has 1 nitrogen and oxygen atoms in total. The van der Waals surface area contributed by atoms with Crippen molar-refractivity contribution in [3.05, 3.63) is 52.7 Å². The first kappa shape index (κ1) is 7.23. The van der Waals surface area contributed by atoms with Crippen LogP contribution in [0, 0.1) is 20.7 Å². The molecule has 2 rings (SSSR count). The van der Waals surface area contributed by atoms with Crippen molar-refractivity contribution in [2.45, 2.75) is 40.4 Å². The van der Waals surface area contributed by atoms with Gasteiger partial charge in [-0.3, -0.25) is 0 Å². The Bertz CT molecular complexity index is 833. The Labute approximate surface area is 126 Å². The fraction of sp³-hybridized carbons (Fsp3) is 0.389. The highest BCUT2D eigenvalue weighted by Gasteiger charge is 2.15. The molecule has 0 spiro atoms. The molecule has 0 saturated carbocycles. The van der Waals surface area contributed by atoms with Crippen LogP contribution in [0.3, 0.4) is 0 Å². The minimum absolute atomic E-state index is 0.283. The van der Waals surface area contributed by atoms with Gasteiger partial charge in [0, 0.05) is 26.8 Å². The van der Waals surface area contributed by atoms with Crippen molar-refractivity contribution in [1.29, 1.82) is 0 Å². The molecule has 0 fully saturated rings. The van der Waals surface area contributed by atoms with Gasteiger partial charge in [0.1, 0.15) is 7.05 Å². The molecule has 0 N–H and O–H groups in total. The quantitative estimate of drug-likeness (QED) is 0.712. The molecule has 0 aliphatic rings. The number of benzene rings is 1. The molecule has 1 heterocycles. The normalized spacial score (nSPS) is 20.9. The lowest BCUT2D eigenvalue weighted by Gasteiger charge is -2.11. The zero-order chi connectivity index (χ0) is 20.1. The standard InChI is InChI=1S/C18H24N/c1-12(2)16-8-7-13(3)17(10-16)18-9-14(4)15(5)11-19(18)6/h7-12H,1-6H3/q+1/i1D3,5D3,12D. The molecule has 0 aliphatic heterocycles. The van der Waals surface area contributed by atoms with E-state index < -0.39 is 19.6 Å². The summed E-state index contributed by atoms with van der Waals surface area (Å²) in [7, 11) is 1.76. The van der Waals surface area contributed by atoms with Gasteiger partial charge in [-0.15, -0.1) is 0 Å². The largest absolute Gasteiger partial charge is 0.212 e. The fourth-order valence-electron chi connectivity index (χ4n) is 2.15. The molecule has 1 aromatic heterocycles. The predicted octanol–water partition coefficient (Wildman–Crippen LogP) is 4.23. The average Bonchev–Trinajstić information content (AvgIpc) is 2.47. The van der Waals surface area contributed by atoms with E-state index in [1.54, 1.807) is 49.0 Å². The number of hydrogen-bond acceptors (Lipinski definition) is 0. The van der Waals surface area contributed by atoms with Gasteiger partial charge in [-0.05, 0) is 49.4 Å². The number of pyridine rings is 1. The number of nitrogens with zero attached hydrogens (tertiary/aromatic N) is 1. The second-order valence-electron chi connectivity index (χ2n) is 5.02. The summed E-state index contributed by atoms with van der Waals surface area (Å²) in [5.41, 5.74) is 3.81. The highest BCUT2D eigenvalue weighted by molar-refractivity contribution is 5.63. The molecule has 1 aromatic carbocycles. The Morgan fingerprint density at radius 2 is 1.95 bits per heavy atom. The van der Waals surface area contributed by atoms with Gasteiger partial charge in [0.25, 0.3) is 0 Å². The van der Waals surface area contributed by atoms with Crippen molar-refractivity contribution in [3.8, 4) is 11.3 Å². The van der Waals surface area contributed by atoms with Crippen LogP contribution in [0.4, 0.5) is 0 Å². The van der Waals surface area contributed by atoms with Crippen molar-refractivity contribution in [2.24, 2.45) is 7.05 Å². The topological polar surface area (TPSA) is 3.88 Å². The van der Waals surface area contributed by atoms with Crippen LogP contribution in [-0.4, -0.2) is 0 Å². The summed E-state index contributed by atoms with van der Waals surface area (Å²) >= 11 is 0. The molecule has 0 bridgehead atoms. The van der Waals surface area contributed by atoms with Crippen LogP contribution in [0.1, 0.15) is 51.5 Å². The highest BCUT2D eigenvalue weighted by atomic mass is 14.9. The SMILES string of the molecule is [2H]C([2H])([2H])c1c[n+](C)c(-c2cc(C([2H])(C)C([2H])([2H])[2H])ccc2C)cc1C. The second-order valence-corrected chi connectivity index (χ2v) is 5.02. The van der Waals surface area contributed by atoms with E-state index in [4.69, 9.17) is 9.60 Å². The summed E-state index contributed by atoms with van der Waals surface area (Å²) in [4.78, 5) is 0. The van der Waals surface area contributed by atoms with Crippen molar-refractivity contribution in [2.75, 3.05) is 0 Å². The van der Waals surface area contributed by atoms with Crippen LogP contribution < -0.4 is 4.57 Å². The lowest BCUT2D eigenvalue weighted by atomic mass is 9.95. The molecule has 0 amide bonds. The van der Waals surface area contributed by atoms with Gasteiger partial charge in [0.2, 0.25) is 5.69 Å². The summed E-state index contributed by atoms with van der Waals surface area (Å²) < 4.78 is 55.9. The Morgan fingerprint density at radius 1 is 1.16 bits per heavy atom. The van der Waals surface area contributed by atoms with Crippen LogP contribution in [0.15, 0.2) is 30.5 Å². The van der Waals surface area contributed by atoms with Gasteiger partial charge >= 0.3 is 0 Å². The molecule has 1 unspecified atom stereocenters. The zero-order valence-corrected chi connectivity index (χ0v) is 11.8. The smallest absolute Gasteiger partial charge is 0.201 e. The summed E-state index contributed by atoms with van der Waals surface area (Å²) in [5.74, 6) is -1.73. The van der Waals surface area contributed by atoms with Crippen LogP contribution >= 0.6 is 0 Å². The number of aryl methyl sites for hydroxylation is 4. The van der Waals surface area contributed by atoms with E-state index >= 15 is 0 Å². The van der Waals surface area contributed by atoms with E-state index in [2.05, 4.69) is 0 Å². The highest BCUT2D eigenvalue weighted by Crippen LogP contribution is 2.26. The van der Waals surface area contributed by atoms with Gasteiger partial charge < -0.3 is 0 Å². The second kappa shape index (κ2) is 5.16. The van der Waals surface area contributed by atoms with Gasteiger partial charge in [-0.25, -0.2) is 4.57 Å². The molecule has 19 heavy (non-hydrogen) atoms. The number of rotatable bonds is 2. The van der Waals surface area contributed by atoms with E-state index in [0.29, 0.717) is 11.1 Å². The summed E-state index contributed by atoms with van der Waals surface area (Å²) in [6, 6.07) is 6.99. The Kier molecular flexibility index (Phi) is 1.96. The molecule has 2 aromatic rings. The monoisotopic (exact) mass is 261 g/mol. The van der Waals surface area contributed by atoms with E-state index in [1.807, 2.05) is 6.92 Å². The Hall–Kier alpha value is -1.63. The van der Waals surface area contributed by atoms with Gasteiger partial charge in [-0.1, -0.05) is 25.9 Å². The third kappa shape index (κ3) is 2.70. The van der Waals surface area contributed by atoms with Crippen LogP contribution in [-0.2, 0) is 7.05 Å². The Balaban J connectivity index is 2.67. The van der Waals surface area contributed by atoms with E-state index in [1.165, 1.54) is 6.92 Å². The maximum Gasteiger partial charge on any atom is 0.212 e. The zero-order valence-electron chi connectivity index (χ0n) is 18.8. The molecular formula is C18H24N+. The van der Waals surface area contributed by atoms with E-state index in [-0.39, 0.29) is 5.56 Å². The lowest BCUT2D eigenvalue weighted by Crippen LogP contribution is -2.31. The van der Waals surface area contributed by atoms with Gasteiger partial charge in [-0.2, -0.15) is 0 Å². The van der Waals surface area contributed by atoms with Gasteiger partial charge in [0.15, 0.2) is 6.20 Å². The van der Waals surface area contributed by atoms with Crippen LogP contribution in [0.5, 0.6) is 0 Å². The summed E-state index contributed by atoms with van der Waals surface area (Å²) in [6.07, 6.45) is 1.59. The maximum atomic E-state index is 8.32. The first-order chi connectivity index (χ1) is 11.7. The molecule has 0 saturated heterocycles. The fourth-order valence-corrected chi connectivity index (χ4v) is 2.15. The molecule has 100 valence electrons. The third-order valence-electron chi connectivity index (χ3n) is 3.43. The first-order valence-electron chi connectivity index (χ1n) is 9.78. The molecular weight excluding hydrogens is 230 g/mol. The predicted molar refractivity (Wildman–Crippen MR) is 81.4 cm³/mol. The van der Waals surface area contributed by atoms with Crippen molar-refractivity contribution in [3.63, 3.8) is 0 Å². The number of hydrogen-bond donors (Lipinski definition) is 0. The molecule has 1 heteroatoms. The Morgan fingerprint density at radius 3 is 2.63 bits per heavy atom. The van der Waals surface area contributed by atoms with Crippen molar-refractivity contribution in [1.82, 2.24) is 0 Å². The summed E-state index contributed by atoms with van der Waals surface area (Å²) in [6.45, 7) is 0.391.